The van der Waals surface area contributed by atoms with Crippen LogP contribution in [0.25, 0.3) is 10.9 Å². The molecule has 0 spiro atoms. The average Bonchev–Trinajstić information content (AvgIpc) is 2.33. The Balaban J connectivity index is 2.97. The number of nitrogens with one attached hydrogen (secondary N) is 1. The topological polar surface area (TPSA) is 24.9 Å². The van der Waals surface area contributed by atoms with E-state index in [9.17, 15) is 0 Å². The van der Waals surface area contributed by atoms with Crippen LogP contribution in [0, 0.1) is 6.92 Å². The minimum atomic E-state index is 0.940. The summed E-state index contributed by atoms with van der Waals surface area (Å²) >= 11 is 7.17. The van der Waals surface area contributed by atoms with E-state index in [4.69, 9.17) is 4.98 Å². The van der Waals surface area contributed by atoms with Gasteiger partial charge in [-0.1, -0.05) is 22.9 Å². The lowest BCUT2D eigenvalue weighted by Gasteiger charge is -2.15. The van der Waals surface area contributed by atoms with Gasteiger partial charge in [-0.15, -0.1) is 0 Å². The Morgan fingerprint density at radius 1 is 1.24 bits per heavy atom. The SMILES string of the molecule is CCc1nc2c(Br)ccc(Br)c2c(NC)c1C. The molecule has 1 aromatic carbocycles. The number of anilines is 1. The van der Waals surface area contributed by atoms with Crippen LogP contribution in [0.1, 0.15) is 18.2 Å². The number of hydrogen-bond acceptors (Lipinski definition) is 2. The smallest absolute Gasteiger partial charge is 0.0879 e. The molecular weight excluding hydrogens is 344 g/mol. The lowest BCUT2D eigenvalue weighted by molar-refractivity contribution is 1.03. The van der Waals surface area contributed by atoms with Gasteiger partial charge in [0, 0.05) is 32.8 Å². The van der Waals surface area contributed by atoms with E-state index in [1.54, 1.807) is 0 Å². The standard InChI is InChI=1S/C13H14Br2N2/c1-4-10-7(2)12(16-3)11-8(14)5-6-9(15)13(11)17-10/h5-6H,4H2,1-3H3,(H,16,17). The van der Waals surface area contributed by atoms with Gasteiger partial charge < -0.3 is 5.32 Å². The molecule has 0 unspecified atom stereocenters. The van der Waals surface area contributed by atoms with Crippen LogP contribution in [-0.4, -0.2) is 12.0 Å². The number of pyridine rings is 1. The second kappa shape index (κ2) is 4.94. The largest absolute Gasteiger partial charge is 0.387 e. The number of aromatic nitrogens is 1. The van der Waals surface area contributed by atoms with Crippen molar-refractivity contribution in [3.8, 4) is 0 Å². The second-order valence-electron chi connectivity index (χ2n) is 3.91. The Kier molecular flexibility index (Phi) is 3.73. The first kappa shape index (κ1) is 12.8. The van der Waals surface area contributed by atoms with E-state index in [1.807, 2.05) is 19.2 Å². The summed E-state index contributed by atoms with van der Waals surface area (Å²) in [5, 5.41) is 4.43. The molecule has 2 rings (SSSR count). The molecule has 90 valence electrons. The molecule has 0 radical (unpaired) electrons. The molecule has 2 nitrogen and oxygen atoms in total. The maximum Gasteiger partial charge on any atom is 0.0879 e. The Morgan fingerprint density at radius 2 is 1.88 bits per heavy atom. The van der Waals surface area contributed by atoms with Gasteiger partial charge in [0.1, 0.15) is 0 Å². The number of fused-ring (bicyclic) bond motifs is 1. The summed E-state index contributed by atoms with van der Waals surface area (Å²) in [5.74, 6) is 0. The summed E-state index contributed by atoms with van der Waals surface area (Å²) < 4.78 is 2.10. The highest BCUT2D eigenvalue weighted by Gasteiger charge is 2.14. The van der Waals surface area contributed by atoms with Crippen molar-refractivity contribution in [2.75, 3.05) is 12.4 Å². The number of hydrogen-bond donors (Lipinski definition) is 1. The Bertz CT molecular complexity index is 579. The molecule has 1 N–H and O–H groups in total. The number of nitrogens with zero attached hydrogens (tertiary/aromatic N) is 1. The average molecular weight is 358 g/mol. The minimum Gasteiger partial charge on any atom is -0.387 e. The van der Waals surface area contributed by atoms with Crippen molar-refractivity contribution in [1.82, 2.24) is 4.98 Å². The van der Waals surface area contributed by atoms with Crippen molar-refractivity contribution in [2.24, 2.45) is 0 Å². The van der Waals surface area contributed by atoms with E-state index in [0.29, 0.717) is 0 Å². The van der Waals surface area contributed by atoms with Gasteiger partial charge >= 0.3 is 0 Å². The Hall–Kier alpha value is -0.610. The van der Waals surface area contributed by atoms with Crippen LogP contribution in [0.3, 0.4) is 0 Å². The number of benzene rings is 1. The molecule has 4 heteroatoms. The maximum absolute atomic E-state index is 4.75. The van der Waals surface area contributed by atoms with Gasteiger partial charge in [0.15, 0.2) is 0 Å². The molecule has 0 aliphatic carbocycles. The molecule has 0 atom stereocenters. The van der Waals surface area contributed by atoms with E-state index < -0.39 is 0 Å². The Morgan fingerprint density at radius 3 is 2.47 bits per heavy atom. The van der Waals surface area contributed by atoms with Crippen LogP contribution in [0.15, 0.2) is 21.1 Å². The van der Waals surface area contributed by atoms with Gasteiger partial charge in [0.2, 0.25) is 0 Å². The molecule has 2 aromatic rings. The molecule has 0 fully saturated rings. The normalized spacial score (nSPS) is 10.9. The third-order valence-corrected chi connectivity index (χ3v) is 4.27. The highest BCUT2D eigenvalue weighted by atomic mass is 79.9. The molecule has 0 aliphatic rings. The zero-order chi connectivity index (χ0) is 12.6. The first-order valence-corrected chi connectivity index (χ1v) is 7.13. The maximum atomic E-state index is 4.75. The van der Waals surface area contributed by atoms with Crippen LogP contribution in [0.2, 0.25) is 0 Å². The van der Waals surface area contributed by atoms with Gasteiger partial charge in [-0.2, -0.15) is 0 Å². The zero-order valence-electron chi connectivity index (χ0n) is 10.1. The van der Waals surface area contributed by atoms with Crippen LogP contribution in [0.5, 0.6) is 0 Å². The monoisotopic (exact) mass is 356 g/mol. The molecule has 0 amide bonds. The van der Waals surface area contributed by atoms with Gasteiger partial charge in [0.05, 0.1) is 5.52 Å². The lowest BCUT2D eigenvalue weighted by atomic mass is 10.1. The molecule has 0 saturated carbocycles. The van der Waals surface area contributed by atoms with Gasteiger partial charge in [-0.05, 0) is 47.0 Å². The van der Waals surface area contributed by atoms with Gasteiger partial charge in [-0.3, -0.25) is 4.98 Å². The molecule has 1 aromatic heterocycles. The van der Waals surface area contributed by atoms with Crippen LogP contribution < -0.4 is 5.32 Å². The van der Waals surface area contributed by atoms with Crippen molar-refractivity contribution >= 4 is 48.5 Å². The van der Waals surface area contributed by atoms with E-state index >= 15 is 0 Å². The number of rotatable bonds is 2. The molecule has 0 saturated heterocycles. The summed E-state index contributed by atoms with van der Waals surface area (Å²) in [6.07, 6.45) is 0.940. The van der Waals surface area contributed by atoms with Gasteiger partial charge in [0.25, 0.3) is 0 Å². The molecule has 0 bridgehead atoms. The molecule has 0 aliphatic heterocycles. The van der Waals surface area contributed by atoms with Gasteiger partial charge in [-0.25, -0.2) is 0 Å². The van der Waals surface area contributed by atoms with Crippen molar-refractivity contribution in [3.63, 3.8) is 0 Å². The molecule has 1 heterocycles. The zero-order valence-corrected chi connectivity index (χ0v) is 13.2. The molecular formula is C13H14Br2N2. The van der Waals surface area contributed by atoms with Crippen LogP contribution in [0.4, 0.5) is 5.69 Å². The van der Waals surface area contributed by atoms with E-state index in [-0.39, 0.29) is 0 Å². The summed E-state index contributed by atoms with van der Waals surface area (Å²) in [4.78, 5) is 4.75. The third kappa shape index (κ3) is 2.08. The summed E-state index contributed by atoms with van der Waals surface area (Å²) in [6, 6.07) is 4.06. The van der Waals surface area contributed by atoms with E-state index in [2.05, 4.69) is 51.0 Å². The van der Waals surface area contributed by atoms with Crippen LogP contribution in [-0.2, 0) is 6.42 Å². The number of halogens is 2. The first-order chi connectivity index (χ1) is 8.10. The predicted molar refractivity (Wildman–Crippen MR) is 80.8 cm³/mol. The van der Waals surface area contributed by atoms with Crippen molar-refractivity contribution < 1.29 is 0 Å². The summed E-state index contributed by atoms with van der Waals surface area (Å²) in [7, 11) is 1.95. The quantitative estimate of drug-likeness (QED) is 0.844. The fraction of sp³-hybridized carbons (Fsp3) is 0.308. The van der Waals surface area contributed by atoms with Crippen molar-refractivity contribution in [2.45, 2.75) is 20.3 Å². The van der Waals surface area contributed by atoms with Crippen molar-refractivity contribution in [3.05, 3.63) is 32.3 Å². The summed E-state index contributed by atoms with van der Waals surface area (Å²) in [5.41, 5.74) is 4.52. The van der Waals surface area contributed by atoms with Crippen LogP contribution >= 0.6 is 31.9 Å². The third-order valence-electron chi connectivity index (χ3n) is 2.97. The fourth-order valence-electron chi connectivity index (χ4n) is 2.10. The highest BCUT2D eigenvalue weighted by molar-refractivity contribution is 9.11. The highest BCUT2D eigenvalue weighted by Crippen LogP contribution is 2.37. The lowest BCUT2D eigenvalue weighted by Crippen LogP contribution is -2.01. The number of aryl methyl sites for hydroxylation is 1. The second-order valence-corrected chi connectivity index (χ2v) is 5.62. The molecule has 17 heavy (non-hydrogen) atoms. The predicted octanol–water partition coefficient (Wildman–Crippen LogP) is 4.67. The Labute approximate surface area is 118 Å². The van der Waals surface area contributed by atoms with Crippen molar-refractivity contribution in [1.29, 1.82) is 0 Å². The fourth-order valence-corrected chi connectivity index (χ4v) is 3.03. The first-order valence-electron chi connectivity index (χ1n) is 5.55. The summed E-state index contributed by atoms with van der Waals surface area (Å²) in [6.45, 7) is 4.25. The minimum absolute atomic E-state index is 0.940. The van der Waals surface area contributed by atoms with E-state index in [1.165, 1.54) is 5.56 Å². The van der Waals surface area contributed by atoms with E-state index in [0.717, 1.165) is 37.7 Å².